The van der Waals surface area contributed by atoms with Gasteiger partial charge in [-0.2, -0.15) is 0 Å². The van der Waals surface area contributed by atoms with Crippen LogP contribution < -0.4 is 10.6 Å². The second kappa shape index (κ2) is 11.6. The molecule has 8 heteroatoms. The van der Waals surface area contributed by atoms with Gasteiger partial charge in [0.05, 0.1) is 11.7 Å². The number of aryl methyl sites for hydroxylation is 1. The highest BCUT2D eigenvalue weighted by Crippen LogP contribution is 2.41. The van der Waals surface area contributed by atoms with Crippen LogP contribution in [0.25, 0.3) is 0 Å². The molecule has 6 nitrogen and oxygen atoms in total. The summed E-state index contributed by atoms with van der Waals surface area (Å²) < 4.78 is 6.33. The fraction of sp³-hybridized carbons (Fsp3) is 0.207. The smallest absolute Gasteiger partial charge is 0.226 e. The molecule has 1 fully saturated rings. The number of nitrogens with one attached hydrogen (secondary N) is 2. The summed E-state index contributed by atoms with van der Waals surface area (Å²) in [6.45, 7) is 2.52. The van der Waals surface area contributed by atoms with Crippen LogP contribution in [-0.2, 0) is 11.2 Å². The summed E-state index contributed by atoms with van der Waals surface area (Å²) in [5.41, 5.74) is 2.84. The Balaban J connectivity index is 1.36. The van der Waals surface area contributed by atoms with Gasteiger partial charge >= 0.3 is 0 Å². The predicted octanol–water partition coefficient (Wildman–Crippen LogP) is 6.39. The fourth-order valence-corrected chi connectivity index (χ4v) is 5.62. The van der Waals surface area contributed by atoms with Crippen LogP contribution in [0.3, 0.4) is 0 Å². The normalized spacial score (nSPS) is 17.0. The van der Waals surface area contributed by atoms with Crippen LogP contribution in [0.15, 0.2) is 106 Å². The first-order valence-electron chi connectivity index (χ1n) is 12.3. The monoisotopic (exact) mass is 528 g/mol. The van der Waals surface area contributed by atoms with Crippen LogP contribution >= 0.6 is 24.0 Å². The number of furan rings is 1. The molecule has 0 radical (unpaired) electrons. The maximum absolute atomic E-state index is 12.9. The highest BCUT2D eigenvalue weighted by Gasteiger charge is 2.41. The van der Waals surface area contributed by atoms with Gasteiger partial charge in [-0.25, -0.2) is 0 Å². The molecule has 4 aromatic rings. The second-order valence-corrected chi connectivity index (χ2v) is 10.2. The zero-order chi connectivity index (χ0) is 25.6. The average Bonchev–Trinajstić information content (AvgIpc) is 3.52. The van der Waals surface area contributed by atoms with Gasteiger partial charge in [0.2, 0.25) is 5.91 Å². The number of carbonyl (C=O) groups excluding carboxylic acids is 1. The van der Waals surface area contributed by atoms with Gasteiger partial charge in [-0.1, -0.05) is 61.2 Å². The minimum Gasteiger partial charge on any atom is -0.452 e. The number of pyridine rings is 1. The SMILES string of the molecule is CCc1ccccc1NC(=O)CCN1C(=S)N[C@H](c2ccccn2)[C@H]1c1ccc(Sc2ccccc2)o1. The highest BCUT2D eigenvalue weighted by molar-refractivity contribution is 7.99. The van der Waals surface area contributed by atoms with Crippen molar-refractivity contribution in [3.8, 4) is 0 Å². The third-order valence-electron chi connectivity index (χ3n) is 6.31. The maximum Gasteiger partial charge on any atom is 0.226 e. The molecule has 5 rings (SSSR count). The number of hydrogen-bond donors (Lipinski definition) is 2. The summed E-state index contributed by atoms with van der Waals surface area (Å²) in [5.74, 6) is 0.724. The Morgan fingerprint density at radius 3 is 2.62 bits per heavy atom. The largest absolute Gasteiger partial charge is 0.452 e. The molecule has 37 heavy (non-hydrogen) atoms. The van der Waals surface area contributed by atoms with Crippen molar-refractivity contribution in [1.82, 2.24) is 15.2 Å². The van der Waals surface area contributed by atoms with E-state index in [4.69, 9.17) is 16.6 Å². The van der Waals surface area contributed by atoms with Crippen LogP contribution in [0.4, 0.5) is 5.69 Å². The first kappa shape index (κ1) is 25.0. The second-order valence-electron chi connectivity index (χ2n) is 8.70. The van der Waals surface area contributed by atoms with Gasteiger partial charge in [0, 0.05) is 29.7 Å². The Morgan fingerprint density at radius 2 is 1.84 bits per heavy atom. The highest BCUT2D eigenvalue weighted by atomic mass is 32.2. The first-order valence-corrected chi connectivity index (χ1v) is 13.5. The molecule has 2 N–H and O–H groups in total. The lowest BCUT2D eigenvalue weighted by Gasteiger charge is -2.25. The molecule has 0 spiro atoms. The van der Waals surface area contributed by atoms with E-state index in [2.05, 4.69) is 34.7 Å². The molecule has 0 saturated carbocycles. The molecule has 3 heterocycles. The van der Waals surface area contributed by atoms with E-state index >= 15 is 0 Å². The van der Waals surface area contributed by atoms with E-state index in [1.807, 2.05) is 77.7 Å². The van der Waals surface area contributed by atoms with Crippen molar-refractivity contribution in [3.05, 3.63) is 108 Å². The first-order chi connectivity index (χ1) is 18.1. The molecule has 188 valence electrons. The lowest BCUT2D eigenvalue weighted by molar-refractivity contribution is -0.116. The number of aromatic nitrogens is 1. The number of anilines is 1. The third-order valence-corrected chi connectivity index (χ3v) is 7.59. The van der Waals surface area contributed by atoms with Gasteiger partial charge in [-0.3, -0.25) is 9.78 Å². The van der Waals surface area contributed by atoms with Gasteiger partial charge in [-0.05, 0) is 66.7 Å². The van der Waals surface area contributed by atoms with Crippen molar-refractivity contribution in [3.63, 3.8) is 0 Å². The number of rotatable bonds is 9. The Kier molecular flexibility index (Phi) is 7.87. The Labute approximate surface area is 226 Å². The zero-order valence-electron chi connectivity index (χ0n) is 20.5. The van der Waals surface area contributed by atoms with Crippen LogP contribution in [0.1, 0.15) is 42.4 Å². The molecule has 2 aromatic carbocycles. The van der Waals surface area contributed by atoms with E-state index in [0.29, 0.717) is 11.7 Å². The Bertz CT molecular complexity index is 1360. The van der Waals surface area contributed by atoms with Gasteiger partial charge in [-0.15, -0.1) is 0 Å². The van der Waals surface area contributed by atoms with Crippen LogP contribution in [0.2, 0.25) is 0 Å². The number of amides is 1. The van der Waals surface area contributed by atoms with E-state index in [1.165, 1.54) is 0 Å². The van der Waals surface area contributed by atoms with E-state index in [0.717, 1.165) is 39.1 Å². The van der Waals surface area contributed by atoms with Crippen molar-refractivity contribution in [1.29, 1.82) is 0 Å². The summed E-state index contributed by atoms with van der Waals surface area (Å²) in [4.78, 5) is 20.6. The summed E-state index contributed by atoms with van der Waals surface area (Å²) in [6, 6.07) is 27.4. The third kappa shape index (κ3) is 5.87. The van der Waals surface area contributed by atoms with Crippen LogP contribution in [0, 0.1) is 0 Å². The number of thiocarbonyl (C=S) groups is 1. The number of benzene rings is 2. The summed E-state index contributed by atoms with van der Waals surface area (Å²) in [6.07, 6.45) is 2.92. The molecule has 1 aliphatic rings. The van der Waals surface area contributed by atoms with Gasteiger partial charge < -0.3 is 20.0 Å². The number of para-hydroxylation sites is 1. The van der Waals surface area contributed by atoms with Gasteiger partial charge in [0.1, 0.15) is 11.8 Å². The fourth-order valence-electron chi connectivity index (χ4n) is 4.49. The molecule has 2 atom stereocenters. The quantitative estimate of drug-likeness (QED) is 0.244. The van der Waals surface area contributed by atoms with Crippen LogP contribution in [0.5, 0.6) is 0 Å². The molecule has 0 aliphatic carbocycles. The minimum absolute atomic E-state index is 0.0523. The lowest BCUT2D eigenvalue weighted by atomic mass is 10.0. The van der Waals surface area contributed by atoms with Gasteiger partial charge in [0.25, 0.3) is 0 Å². The Hall–Kier alpha value is -3.62. The predicted molar refractivity (Wildman–Crippen MR) is 150 cm³/mol. The van der Waals surface area contributed by atoms with E-state index < -0.39 is 0 Å². The molecule has 2 aromatic heterocycles. The number of nitrogens with zero attached hydrogens (tertiary/aromatic N) is 2. The van der Waals surface area contributed by atoms with E-state index in [9.17, 15) is 4.79 Å². The van der Waals surface area contributed by atoms with Crippen molar-refractivity contribution in [2.24, 2.45) is 0 Å². The molecular formula is C29H28N4O2S2. The standard InChI is InChI=1S/C29H28N4O2S2/c1-2-20-10-6-7-13-22(20)31-25(34)17-19-33-28(27(32-29(33)36)23-14-8-9-18-30-23)24-15-16-26(35-24)37-21-11-4-3-5-12-21/h3-16,18,27-28H,2,17,19H2,1H3,(H,31,34)(H,32,36)/t27-,28-/m1/s1. The summed E-state index contributed by atoms with van der Waals surface area (Å²) in [7, 11) is 0. The van der Waals surface area contributed by atoms with Crippen molar-refractivity contribution < 1.29 is 9.21 Å². The Morgan fingerprint density at radius 1 is 1.05 bits per heavy atom. The number of hydrogen-bond acceptors (Lipinski definition) is 5. The average molecular weight is 529 g/mol. The van der Waals surface area contributed by atoms with E-state index in [-0.39, 0.29) is 24.4 Å². The van der Waals surface area contributed by atoms with Gasteiger partial charge in [0.15, 0.2) is 10.2 Å². The zero-order valence-corrected chi connectivity index (χ0v) is 22.1. The molecule has 1 saturated heterocycles. The van der Waals surface area contributed by atoms with Crippen LogP contribution in [-0.4, -0.2) is 27.4 Å². The molecule has 1 amide bonds. The lowest BCUT2D eigenvalue weighted by Crippen LogP contribution is -2.32. The number of carbonyl (C=O) groups is 1. The van der Waals surface area contributed by atoms with Crippen molar-refractivity contribution in [2.45, 2.75) is 41.8 Å². The molecule has 1 aliphatic heterocycles. The molecule has 0 bridgehead atoms. The topological polar surface area (TPSA) is 70.4 Å². The maximum atomic E-state index is 12.9. The van der Waals surface area contributed by atoms with Crippen molar-refractivity contribution in [2.75, 3.05) is 11.9 Å². The summed E-state index contributed by atoms with van der Waals surface area (Å²) in [5, 5.41) is 7.86. The summed E-state index contributed by atoms with van der Waals surface area (Å²) >= 11 is 7.31. The van der Waals surface area contributed by atoms with E-state index in [1.54, 1.807) is 18.0 Å². The minimum atomic E-state index is -0.233. The molecule has 0 unspecified atom stereocenters. The molecular weight excluding hydrogens is 500 g/mol. The van der Waals surface area contributed by atoms with Crippen molar-refractivity contribution >= 4 is 40.7 Å².